The molecule has 1 aliphatic rings. The first kappa shape index (κ1) is 33.5. The first-order valence-electron chi connectivity index (χ1n) is 14.4. The van der Waals surface area contributed by atoms with Crippen LogP contribution in [0.25, 0.3) is 5.32 Å². The molecule has 8 nitrogen and oxygen atoms in total. The van der Waals surface area contributed by atoms with E-state index < -0.39 is 23.9 Å². The van der Waals surface area contributed by atoms with E-state index in [1.807, 2.05) is 36.4 Å². The first-order valence-corrected chi connectivity index (χ1v) is 14.4. The molecule has 45 heavy (non-hydrogen) atoms. The third kappa shape index (κ3) is 8.03. The monoisotopic (exact) mass is 652 g/mol. The summed E-state index contributed by atoms with van der Waals surface area (Å²) < 4.78 is 19.4. The van der Waals surface area contributed by atoms with E-state index in [4.69, 9.17) is 4.74 Å². The van der Waals surface area contributed by atoms with Gasteiger partial charge in [-0.05, 0) is 48.2 Å². The number of amides is 1. The van der Waals surface area contributed by atoms with Gasteiger partial charge in [0.2, 0.25) is 0 Å². The van der Waals surface area contributed by atoms with Crippen LogP contribution >= 0.6 is 0 Å². The van der Waals surface area contributed by atoms with Crippen molar-refractivity contribution in [3.63, 3.8) is 0 Å². The number of carbonyl (C=O) groups is 2. The molecule has 1 heterocycles. The predicted octanol–water partition coefficient (Wildman–Crippen LogP) is 6.05. The Balaban J connectivity index is 0.00000461. The van der Waals surface area contributed by atoms with Gasteiger partial charge in [-0.3, -0.25) is 9.89 Å². The van der Waals surface area contributed by atoms with Gasteiger partial charge in [0.1, 0.15) is 6.10 Å². The number of rotatable bonds is 11. The second kappa shape index (κ2) is 15.6. The molecule has 0 unspecified atom stereocenters. The SMILES string of the molecule is COc1ccc([C@H](O)[C@@H](N=C(c2ccccc2)c2ccccc2[N-]C(=O)[C@@H]2CCCN2Cc2ccccc2)C(=O)O)cc1F.[Ni]. The van der Waals surface area contributed by atoms with E-state index in [9.17, 15) is 24.2 Å². The van der Waals surface area contributed by atoms with Crippen LogP contribution in [0, 0.1) is 5.82 Å². The van der Waals surface area contributed by atoms with Crippen molar-refractivity contribution < 1.29 is 45.4 Å². The number of halogens is 1. The molecule has 0 spiro atoms. The summed E-state index contributed by atoms with van der Waals surface area (Å²) in [6.07, 6.45) is -0.119. The summed E-state index contributed by atoms with van der Waals surface area (Å²) in [5, 5.41) is 25.8. The van der Waals surface area contributed by atoms with Gasteiger partial charge < -0.3 is 25.1 Å². The number of methoxy groups -OCH3 is 1. The Morgan fingerprint density at radius 2 is 1.67 bits per heavy atom. The topological polar surface area (TPSA) is 114 Å². The molecule has 0 radical (unpaired) electrons. The summed E-state index contributed by atoms with van der Waals surface area (Å²) in [7, 11) is 1.31. The molecule has 4 aromatic carbocycles. The number of benzene rings is 4. The molecule has 0 aromatic heterocycles. The predicted molar refractivity (Wildman–Crippen MR) is 166 cm³/mol. The zero-order valence-corrected chi connectivity index (χ0v) is 25.5. The minimum absolute atomic E-state index is 0. The number of ether oxygens (including phenoxy) is 1. The number of carbonyl (C=O) groups excluding carboxylic acids is 1. The Labute approximate surface area is 271 Å². The van der Waals surface area contributed by atoms with Crippen molar-refractivity contribution in [3.8, 4) is 5.75 Å². The van der Waals surface area contributed by atoms with Crippen LogP contribution in [0.3, 0.4) is 0 Å². The normalized spacial score (nSPS) is 16.3. The van der Waals surface area contributed by atoms with Crippen LogP contribution in [0.4, 0.5) is 10.1 Å². The minimum Gasteiger partial charge on any atom is -0.625 e. The summed E-state index contributed by atoms with van der Waals surface area (Å²) in [5.41, 5.74) is 2.69. The minimum atomic E-state index is -1.70. The van der Waals surface area contributed by atoms with Crippen molar-refractivity contribution >= 4 is 23.3 Å². The number of carboxylic acids is 1. The van der Waals surface area contributed by atoms with Gasteiger partial charge in [0.05, 0.1) is 24.8 Å². The third-order valence-electron chi connectivity index (χ3n) is 7.65. The molecule has 2 N–H and O–H groups in total. The Hall–Kier alpha value is -4.37. The molecular formula is C35H33FN3NiO5-. The molecule has 10 heteroatoms. The van der Waals surface area contributed by atoms with Crippen LogP contribution in [0.1, 0.15) is 41.2 Å². The number of aliphatic hydroxyl groups excluding tert-OH is 1. The van der Waals surface area contributed by atoms with Gasteiger partial charge >= 0.3 is 5.97 Å². The van der Waals surface area contributed by atoms with E-state index in [-0.39, 0.29) is 45.5 Å². The van der Waals surface area contributed by atoms with Gasteiger partial charge in [-0.2, -0.15) is 0 Å². The van der Waals surface area contributed by atoms with Crippen LogP contribution in [0.5, 0.6) is 5.75 Å². The average molecular weight is 653 g/mol. The second-order valence-electron chi connectivity index (χ2n) is 10.5. The molecule has 5 rings (SSSR count). The van der Waals surface area contributed by atoms with Gasteiger partial charge in [0, 0.05) is 28.6 Å². The maximum atomic E-state index is 14.5. The van der Waals surface area contributed by atoms with E-state index in [1.54, 1.807) is 48.5 Å². The van der Waals surface area contributed by atoms with E-state index in [0.29, 0.717) is 29.8 Å². The number of aliphatic imine (C=N–C) groups is 1. The van der Waals surface area contributed by atoms with Crippen LogP contribution in [0.2, 0.25) is 0 Å². The van der Waals surface area contributed by atoms with E-state index >= 15 is 0 Å². The molecule has 3 atom stereocenters. The van der Waals surface area contributed by atoms with Gasteiger partial charge in [-0.15, -0.1) is 5.69 Å². The van der Waals surface area contributed by atoms with Gasteiger partial charge in [0.25, 0.3) is 0 Å². The van der Waals surface area contributed by atoms with Crippen molar-refractivity contribution in [2.24, 2.45) is 4.99 Å². The third-order valence-corrected chi connectivity index (χ3v) is 7.65. The standard InChI is InChI=1S/C35H34FN3O5.Ni/c1-44-30-19-18-25(21-27(30)36)33(40)32(35(42)43)38-31(24-13-6-3-7-14-24)26-15-8-9-16-28(26)37-34(41)29-17-10-20-39(29)22-23-11-4-2-5-12-23;/h2-9,11-16,18-19,21,29,32-33,40H,10,17,20,22H2,1H3,(H2,37,38,41,42,43);/p-1/t29-,32+,33-;/m0./s1. The van der Waals surface area contributed by atoms with E-state index in [0.717, 1.165) is 24.6 Å². The van der Waals surface area contributed by atoms with Crippen molar-refractivity contribution in [2.75, 3.05) is 13.7 Å². The van der Waals surface area contributed by atoms with Gasteiger partial charge in [0.15, 0.2) is 17.6 Å². The Morgan fingerprint density at radius 1 is 1.00 bits per heavy atom. The summed E-state index contributed by atoms with van der Waals surface area (Å²) in [6, 6.07) is 27.4. The second-order valence-corrected chi connectivity index (χ2v) is 10.5. The first-order chi connectivity index (χ1) is 21.4. The van der Waals surface area contributed by atoms with E-state index in [1.165, 1.54) is 19.2 Å². The van der Waals surface area contributed by atoms with Crippen molar-refractivity contribution in [1.29, 1.82) is 0 Å². The number of nitrogens with zero attached hydrogens (tertiary/aromatic N) is 3. The fourth-order valence-electron chi connectivity index (χ4n) is 5.42. The molecule has 0 saturated carbocycles. The molecule has 4 aromatic rings. The van der Waals surface area contributed by atoms with Crippen LogP contribution in [-0.4, -0.2) is 58.4 Å². The molecular weight excluding hydrogens is 620 g/mol. The molecule has 1 fully saturated rings. The Bertz CT molecular complexity index is 1640. The number of aliphatic hydroxyl groups is 1. The number of likely N-dealkylation sites (tertiary alicyclic amines) is 1. The van der Waals surface area contributed by atoms with Gasteiger partial charge in [-0.1, -0.05) is 91.0 Å². The fraction of sp³-hybridized carbons (Fsp3) is 0.229. The molecule has 1 amide bonds. The fourth-order valence-corrected chi connectivity index (χ4v) is 5.42. The quantitative estimate of drug-likeness (QED) is 0.151. The number of hydrogen-bond acceptors (Lipinski definition) is 6. The summed E-state index contributed by atoms with van der Waals surface area (Å²) >= 11 is 0. The number of para-hydroxylation sites is 1. The summed E-state index contributed by atoms with van der Waals surface area (Å²) in [5.74, 6) is -2.47. The Kier molecular flexibility index (Phi) is 11.6. The average Bonchev–Trinajstić information content (AvgIpc) is 3.50. The van der Waals surface area contributed by atoms with E-state index in [2.05, 4.69) is 15.2 Å². The van der Waals surface area contributed by atoms with Crippen LogP contribution < -0.4 is 4.74 Å². The molecule has 1 aliphatic heterocycles. The van der Waals surface area contributed by atoms with Crippen molar-refractivity contribution in [2.45, 2.75) is 37.6 Å². The summed E-state index contributed by atoms with van der Waals surface area (Å²) in [4.78, 5) is 32.7. The maximum absolute atomic E-state index is 14.5. The number of hydrogen-bond donors (Lipinski definition) is 2. The number of aliphatic carboxylic acids is 1. The molecule has 0 bridgehead atoms. The molecule has 1 saturated heterocycles. The smallest absolute Gasteiger partial charge is 0.331 e. The number of carboxylic acid groups (broad SMARTS) is 1. The van der Waals surface area contributed by atoms with Crippen molar-refractivity contribution in [3.05, 3.63) is 137 Å². The van der Waals surface area contributed by atoms with Gasteiger partial charge in [-0.25, -0.2) is 9.18 Å². The Morgan fingerprint density at radius 3 is 2.33 bits per heavy atom. The zero-order valence-electron chi connectivity index (χ0n) is 24.5. The van der Waals surface area contributed by atoms with Crippen LogP contribution in [0.15, 0.2) is 108 Å². The molecule has 0 aliphatic carbocycles. The maximum Gasteiger partial charge on any atom is 0.331 e. The molecule has 236 valence electrons. The van der Waals surface area contributed by atoms with Crippen molar-refractivity contribution in [1.82, 2.24) is 4.90 Å². The van der Waals surface area contributed by atoms with Crippen LogP contribution in [-0.2, 0) is 32.6 Å². The summed E-state index contributed by atoms with van der Waals surface area (Å²) in [6.45, 7) is 1.42. The largest absolute Gasteiger partial charge is 0.625 e. The zero-order chi connectivity index (χ0) is 31.1.